The van der Waals surface area contributed by atoms with E-state index in [4.69, 9.17) is 4.18 Å². The molecular formula is C19H19N3O4S2. The summed E-state index contributed by atoms with van der Waals surface area (Å²) in [6.45, 7) is 3.95. The van der Waals surface area contributed by atoms with Crippen LogP contribution < -0.4 is 9.50 Å². The van der Waals surface area contributed by atoms with Crippen molar-refractivity contribution in [3.8, 4) is 5.75 Å². The Bertz CT molecular complexity index is 1000. The Kier molecular flexibility index (Phi) is 6.15. The van der Waals surface area contributed by atoms with E-state index in [0.717, 1.165) is 0 Å². The van der Waals surface area contributed by atoms with Gasteiger partial charge in [-0.15, -0.1) is 5.10 Å². The highest BCUT2D eigenvalue weighted by Gasteiger charge is 2.32. The van der Waals surface area contributed by atoms with Crippen LogP contribution >= 0.6 is 11.8 Å². The average Bonchev–Trinajstić information content (AvgIpc) is 3.04. The van der Waals surface area contributed by atoms with E-state index in [1.54, 1.807) is 30.3 Å². The highest BCUT2D eigenvalue weighted by atomic mass is 32.2. The molecular weight excluding hydrogens is 398 g/mol. The van der Waals surface area contributed by atoms with E-state index in [-0.39, 0.29) is 27.7 Å². The lowest BCUT2D eigenvalue weighted by atomic mass is 10.1. The van der Waals surface area contributed by atoms with E-state index in [1.165, 1.54) is 42.2 Å². The standard InChI is InChI=1S/C19H19N3O4S2/c1-13(2)17-18(23)21-19(27-17)22-20-12-14-8-10-15(11-9-14)26-28(24,25)16-6-4-3-5-7-16/h3-13,17H,1-2H3,(H,21,22,23)/b20-12+. The summed E-state index contributed by atoms with van der Waals surface area (Å²) < 4.78 is 29.5. The molecule has 0 aromatic heterocycles. The molecule has 0 bridgehead atoms. The lowest BCUT2D eigenvalue weighted by Crippen LogP contribution is -2.27. The second-order valence-corrected chi connectivity index (χ2v) is 9.02. The van der Waals surface area contributed by atoms with Crippen LogP contribution in [0.25, 0.3) is 0 Å². The van der Waals surface area contributed by atoms with E-state index in [2.05, 4.69) is 15.5 Å². The third kappa shape index (κ3) is 4.99. The Morgan fingerprint density at radius 1 is 1.11 bits per heavy atom. The highest BCUT2D eigenvalue weighted by molar-refractivity contribution is 8.15. The van der Waals surface area contributed by atoms with Gasteiger partial charge >= 0.3 is 10.1 Å². The molecule has 3 rings (SSSR count). The minimum absolute atomic E-state index is 0.0601. The van der Waals surface area contributed by atoms with Crippen LogP contribution in [0.15, 0.2) is 69.7 Å². The summed E-state index contributed by atoms with van der Waals surface area (Å²) in [6, 6.07) is 14.3. The van der Waals surface area contributed by atoms with E-state index < -0.39 is 10.1 Å². The number of amides is 1. The van der Waals surface area contributed by atoms with Crippen LogP contribution in [0.5, 0.6) is 5.75 Å². The van der Waals surface area contributed by atoms with E-state index in [9.17, 15) is 13.2 Å². The molecule has 0 saturated carbocycles. The highest BCUT2D eigenvalue weighted by Crippen LogP contribution is 2.25. The molecule has 0 radical (unpaired) electrons. The minimum Gasteiger partial charge on any atom is -0.379 e. The van der Waals surface area contributed by atoms with E-state index >= 15 is 0 Å². The lowest BCUT2D eigenvalue weighted by molar-refractivity contribution is -0.119. The zero-order chi connectivity index (χ0) is 20.1. The Labute approximate surface area is 168 Å². The third-order valence-corrected chi connectivity index (χ3v) is 6.49. The smallest absolute Gasteiger partial charge is 0.339 e. The number of nitrogens with one attached hydrogen (secondary N) is 1. The first kappa shape index (κ1) is 20.1. The average molecular weight is 418 g/mol. The first-order valence-electron chi connectivity index (χ1n) is 8.53. The molecule has 1 aliphatic heterocycles. The van der Waals surface area contributed by atoms with Gasteiger partial charge in [-0.2, -0.15) is 13.5 Å². The van der Waals surface area contributed by atoms with Crippen LogP contribution in [0.3, 0.4) is 0 Å². The van der Waals surface area contributed by atoms with Gasteiger partial charge in [0.15, 0.2) is 5.17 Å². The minimum atomic E-state index is -3.87. The van der Waals surface area contributed by atoms with Crippen LogP contribution in [-0.2, 0) is 14.9 Å². The molecule has 2 aromatic rings. The Balaban J connectivity index is 1.63. The van der Waals surface area contributed by atoms with Crippen LogP contribution in [0.4, 0.5) is 0 Å². The molecule has 1 aliphatic rings. The number of benzene rings is 2. The number of thioether (sulfide) groups is 1. The van der Waals surface area contributed by atoms with Gasteiger partial charge in [0, 0.05) is 0 Å². The van der Waals surface area contributed by atoms with Crippen molar-refractivity contribution in [2.45, 2.75) is 24.0 Å². The molecule has 1 heterocycles. The molecule has 28 heavy (non-hydrogen) atoms. The Morgan fingerprint density at radius 3 is 2.39 bits per heavy atom. The number of carbonyl (C=O) groups is 1. The van der Waals surface area contributed by atoms with E-state index in [0.29, 0.717) is 10.7 Å². The van der Waals surface area contributed by atoms with Crippen molar-refractivity contribution in [3.63, 3.8) is 0 Å². The number of amidine groups is 1. The van der Waals surface area contributed by atoms with Crippen molar-refractivity contribution >= 4 is 39.2 Å². The molecule has 1 fully saturated rings. The molecule has 1 amide bonds. The fraction of sp³-hybridized carbons (Fsp3) is 0.211. The molecule has 1 N–H and O–H groups in total. The van der Waals surface area contributed by atoms with Gasteiger partial charge < -0.3 is 9.50 Å². The van der Waals surface area contributed by atoms with Crippen molar-refractivity contribution in [3.05, 3.63) is 60.2 Å². The second kappa shape index (κ2) is 8.57. The number of nitrogens with zero attached hydrogens (tertiary/aromatic N) is 2. The Morgan fingerprint density at radius 2 is 1.79 bits per heavy atom. The fourth-order valence-corrected chi connectivity index (χ4v) is 4.27. The monoisotopic (exact) mass is 417 g/mol. The zero-order valence-corrected chi connectivity index (χ0v) is 16.9. The van der Waals surface area contributed by atoms with Crippen molar-refractivity contribution in [1.82, 2.24) is 5.32 Å². The number of carbonyl (C=O) groups excluding carboxylic acids is 1. The van der Waals surface area contributed by atoms with Crippen molar-refractivity contribution < 1.29 is 17.4 Å². The summed E-state index contributed by atoms with van der Waals surface area (Å²) in [5, 5.41) is 11.0. The predicted octanol–water partition coefficient (Wildman–Crippen LogP) is 3.03. The lowest BCUT2D eigenvalue weighted by Gasteiger charge is -2.07. The molecule has 7 nitrogen and oxygen atoms in total. The van der Waals surface area contributed by atoms with Gasteiger partial charge in [0.25, 0.3) is 0 Å². The van der Waals surface area contributed by atoms with Crippen LogP contribution in [0.1, 0.15) is 19.4 Å². The first-order chi connectivity index (χ1) is 13.3. The molecule has 0 aliphatic carbocycles. The predicted molar refractivity (Wildman–Crippen MR) is 110 cm³/mol. The van der Waals surface area contributed by atoms with Crippen molar-refractivity contribution in [2.24, 2.45) is 16.1 Å². The normalized spacial score (nSPS) is 18.8. The molecule has 2 aromatic carbocycles. The van der Waals surface area contributed by atoms with E-state index in [1.807, 2.05) is 13.8 Å². The van der Waals surface area contributed by atoms with Gasteiger partial charge in [-0.25, -0.2) is 0 Å². The second-order valence-electron chi connectivity index (χ2n) is 6.34. The molecule has 9 heteroatoms. The molecule has 0 spiro atoms. The third-order valence-electron chi connectivity index (χ3n) is 3.81. The number of hydrogen-bond donors (Lipinski definition) is 1. The van der Waals surface area contributed by atoms with Gasteiger partial charge in [0.2, 0.25) is 5.91 Å². The quantitative estimate of drug-likeness (QED) is 0.443. The van der Waals surface area contributed by atoms with Crippen LogP contribution in [0, 0.1) is 5.92 Å². The summed E-state index contributed by atoms with van der Waals surface area (Å²) in [7, 11) is -3.87. The van der Waals surface area contributed by atoms with Crippen molar-refractivity contribution in [1.29, 1.82) is 0 Å². The van der Waals surface area contributed by atoms with Crippen molar-refractivity contribution in [2.75, 3.05) is 0 Å². The Hall–Kier alpha value is -2.65. The topological polar surface area (TPSA) is 97.2 Å². The van der Waals surface area contributed by atoms with Gasteiger partial charge in [-0.1, -0.05) is 43.8 Å². The number of hydrogen-bond acceptors (Lipinski definition) is 7. The number of rotatable bonds is 6. The van der Waals surface area contributed by atoms with Gasteiger partial charge in [0.1, 0.15) is 10.6 Å². The maximum atomic E-state index is 12.2. The first-order valence-corrected chi connectivity index (χ1v) is 10.8. The SMILES string of the molecule is CC(C)C1S/C(=N/N=C/c2ccc(OS(=O)(=O)c3ccccc3)cc2)NC1=O. The summed E-state index contributed by atoms with van der Waals surface area (Å²) in [5.41, 5.74) is 0.712. The molecule has 1 unspecified atom stereocenters. The largest absolute Gasteiger partial charge is 0.379 e. The van der Waals surface area contributed by atoms with Gasteiger partial charge in [-0.05, 0) is 47.9 Å². The summed E-state index contributed by atoms with van der Waals surface area (Å²) in [6.07, 6.45) is 1.51. The fourth-order valence-electron chi connectivity index (χ4n) is 2.39. The zero-order valence-electron chi connectivity index (χ0n) is 15.3. The van der Waals surface area contributed by atoms with Gasteiger partial charge in [0.05, 0.1) is 11.5 Å². The maximum absolute atomic E-state index is 12.2. The van der Waals surface area contributed by atoms with Crippen LogP contribution in [0.2, 0.25) is 0 Å². The maximum Gasteiger partial charge on any atom is 0.339 e. The van der Waals surface area contributed by atoms with Gasteiger partial charge in [-0.3, -0.25) is 4.79 Å². The summed E-state index contributed by atoms with van der Waals surface area (Å²) in [5.74, 6) is 0.349. The van der Waals surface area contributed by atoms with Crippen LogP contribution in [-0.4, -0.2) is 31.0 Å². The molecule has 1 saturated heterocycles. The summed E-state index contributed by atoms with van der Waals surface area (Å²) >= 11 is 1.36. The molecule has 146 valence electrons. The molecule has 1 atom stereocenters. The summed E-state index contributed by atoms with van der Waals surface area (Å²) in [4.78, 5) is 11.9.